The standard InChI is InChI=1S/C11H19N3S.ClH/c1-8(2)9-3-4-14(6-9)7-10-5-13-11(12)15-10;/h5,8-9H,3-4,6-7H2,1-2H3,(H2,12,13);1H. The summed E-state index contributed by atoms with van der Waals surface area (Å²) in [6.07, 6.45) is 3.24. The molecule has 1 aliphatic rings. The highest BCUT2D eigenvalue weighted by Crippen LogP contribution is 2.26. The number of aromatic nitrogens is 1. The van der Waals surface area contributed by atoms with E-state index in [-0.39, 0.29) is 12.4 Å². The van der Waals surface area contributed by atoms with Crippen LogP contribution in [0.4, 0.5) is 5.13 Å². The van der Waals surface area contributed by atoms with Gasteiger partial charge < -0.3 is 5.73 Å². The van der Waals surface area contributed by atoms with Crippen molar-refractivity contribution in [2.75, 3.05) is 18.8 Å². The monoisotopic (exact) mass is 261 g/mol. The van der Waals surface area contributed by atoms with Crippen LogP contribution in [0.25, 0.3) is 0 Å². The minimum Gasteiger partial charge on any atom is -0.375 e. The number of likely N-dealkylation sites (tertiary alicyclic amines) is 1. The molecule has 92 valence electrons. The van der Waals surface area contributed by atoms with Crippen LogP contribution >= 0.6 is 23.7 Å². The zero-order valence-corrected chi connectivity index (χ0v) is 11.5. The number of thiazole rings is 1. The predicted octanol–water partition coefficient (Wildman–Crippen LogP) is 2.63. The molecule has 3 nitrogen and oxygen atoms in total. The van der Waals surface area contributed by atoms with Crippen molar-refractivity contribution >= 4 is 28.9 Å². The van der Waals surface area contributed by atoms with E-state index in [1.165, 1.54) is 24.4 Å². The number of hydrogen-bond donors (Lipinski definition) is 1. The molecule has 0 spiro atoms. The van der Waals surface area contributed by atoms with E-state index in [4.69, 9.17) is 5.73 Å². The average Bonchev–Trinajstić information content (AvgIpc) is 2.76. The molecule has 2 heterocycles. The molecule has 1 atom stereocenters. The second-order valence-corrected chi connectivity index (χ2v) is 5.84. The fourth-order valence-electron chi connectivity index (χ4n) is 2.17. The van der Waals surface area contributed by atoms with E-state index in [9.17, 15) is 0 Å². The maximum Gasteiger partial charge on any atom is 0.180 e. The molecule has 0 radical (unpaired) electrons. The molecular formula is C11H20ClN3S. The Labute approximate surface area is 107 Å². The highest BCUT2D eigenvalue weighted by molar-refractivity contribution is 7.15. The highest BCUT2D eigenvalue weighted by atomic mass is 35.5. The summed E-state index contributed by atoms with van der Waals surface area (Å²) in [6.45, 7) is 8.12. The second kappa shape index (κ2) is 5.84. The summed E-state index contributed by atoms with van der Waals surface area (Å²) in [7, 11) is 0. The summed E-state index contributed by atoms with van der Waals surface area (Å²) in [6, 6.07) is 0. The number of nitrogens with zero attached hydrogens (tertiary/aromatic N) is 2. The van der Waals surface area contributed by atoms with E-state index in [0.29, 0.717) is 5.13 Å². The third kappa shape index (κ3) is 3.34. The van der Waals surface area contributed by atoms with Crippen LogP contribution in [0.2, 0.25) is 0 Å². The molecule has 0 saturated carbocycles. The molecule has 1 aromatic heterocycles. The van der Waals surface area contributed by atoms with Gasteiger partial charge in [-0.05, 0) is 24.8 Å². The molecule has 1 unspecified atom stereocenters. The van der Waals surface area contributed by atoms with Crippen LogP contribution in [0.5, 0.6) is 0 Å². The van der Waals surface area contributed by atoms with E-state index in [2.05, 4.69) is 23.7 Å². The van der Waals surface area contributed by atoms with Crippen LogP contribution in [0.1, 0.15) is 25.1 Å². The van der Waals surface area contributed by atoms with Crippen molar-refractivity contribution in [2.45, 2.75) is 26.8 Å². The fraction of sp³-hybridized carbons (Fsp3) is 0.727. The minimum atomic E-state index is 0. The average molecular weight is 262 g/mol. The number of rotatable bonds is 3. The Morgan fingerprint density at radius 3 is 2.88 bits per heavy atom. The lowest BCUT2D eigenvalue weighted by atomic mass is 9.95. The first-order valence-electron chi connectivity index (χ1n) is 5.57. The fourth-order valence-corrected chi connectivity index (χ4v) is 2.89. The van der Waals surface area contributed by atoms with Gasteiger partial charge in [-0.15, -0.1) is 23.7 Å². The van der Waals surface area contributed by atoms with Crippen LogP contribution in [-0.2, 0) is 6.54 Å². The largest absolute Gasteiger partial charge is 0.375 e. The van der Waals surface area contributed by atoms with Crippen molar-refractivity contribution in [2.24, 2.45) is 11.8 Å². The number of nitrogen functional groups attached to an aromatic ring is 1. The van der Waals surface area contributed by atoms with Gasteiger partial charge in [-0.1, -0.05) is 13.8 Å². The van der Waals surface area contributed by atoms with Gasteiger partial charge in [0, 0.05) is 24.2 Å². The van der Waals surface area contributed by atoms with Gasteiger partial charge in [0.1, 0.15) is 0 Å². The summed E-state index contributed by atoms with van der Waals surface area (Å²) in [5, 5.41) is 0.685. The highest BCUT2D eigenvalue weighted by Gasteiger charge is 2.24. The van der Waals surface area contributed by atoms with Crippen LogP contribution in [-0.4, -0.2) is 23.0 Å². The molecule has 0 amide bonds. The molecule has 1 fully saturated rings. The SMILES string of the molecule is CC(C)C1CCN(Cc2cnc(N)s2)C1.Cl. The normalized spacial score (nSPS) is 21.3. The molecule has 1 aliphatic heterocycles. The van der Waals surface area contributed by atoms with Gasteiger partial charge in [-0.2, -0.15) is 0 Å². The zero-order chi connectivity index (χ0) is 10.8. The van der Waals surface area contributed by atoms with E-state index in [1.807, 2.05) is 6.20 Å². The third-order valence-corrected chi connectivity index (χ3v) is 4.01. The van der Waals surface area contributed by atoms with Gasteiger partial charge >= 0.3 is 0 Å². The lowest BCUT2D eigenvalue weighted by molar-refractivity contribution is 0.299. The van der Waals surface area contributed by atoms with Gasteiger partial charge in [0.2, 0.25) is 0 Å². The first-order chi connectivity index (χ1) is 7.15. The lowest BCUT2D eigenvalue weighted by Crippen LogP contribution is -2.20. The Morgan fingerprint density at radius 1 is 1.62 bits per heavy atom. The van der Waals surface area contributed by atoms with Crippen LogP contribution < -0.4 is 5.73 Å². The Kier molecular flexibility index (Phi) is 5.02. The minimum absolute atomic E-state index is 0. The maximum atomic E-state index is 5.62. The molecule has 5 heteroatoms. The summed E-state index contributed by atoms with van der Waals surface area (Å²) >= 11 is 1.61. The van der Waals surface area contributed by atoms with Crippen molar-refractivity contribution in [1.29, 1.82) is 0 Å². The first-order valence-corrected chi connectivity index (χ1v) is 6.39. The summed E-state index contributed by atoms with van der Waals surface area (Å²) in [5.41, 5.74) is 5.62. The Hall–Kier alpha value is -0.320. The molecule has 0 aliphatic carbocycles. The van der Waals surface area contributed by atoms with Gasteiger partial charge in [0.15, 0.2) is 5.13 Å². The van der Waals surface area contributed by atoms with E-state index < -0.39 is 0 Å². The number of halogens is 1. The van der Waals surface area contributed by atoms with Gasteiger partial charge in [0.25, 0.3) is 0 Å². The molecule has 2 N–H and O–H groups in total. The Morgan fingerprint density at radius 2 is 2.38 bits per heavy atom. The summed E-state index contributed by atoms with van der Waals surface area (Å²) in [5.74, 6) is 1.68. The van der Waals surface area contributed by atoms with E-state index >= 15 is 0 Å². The zero-order valence-electron chi connectivity index (χ0n) is 9.85. The van der Waals surface area contributed by atoms with Crippen molar-refractivity contribution < 1.29 is 0 Å². The molecular weight excluding hydrogens is 242 g/mol. The molecule has 0 bridgehead atoms. The molecule has 2 rings (SSSR count). The summed E-state index contributed by atoms with van der Waals surface area (Å²) < 4.78 is 0. The van der Waals surface area contributed by atoms with Crippen LogP contribution in [0, 0.1) is 11.8 Å². The van der Waals surface area contributed by atoms with Crippen LogP contribution in [0.3, 0.4) is 0 Å². The quantitative estimate of drug-likeness (QED) is 0.910. The van der Waals surface area contributed by atoms with Gasteiger partial charge in [0.05, 0.1) is 0 Å². The van der Waals surface area contributed by atoms with Crippen molar-refractivity contribution in [3.63, 3.8) is 0 Å². The van der Waals surface area contributed by atoms with E-state index in [0.717, 1.165) is 18.4 Å². The molecule has 1 saturated heterocycles. The molecule has 1 aromatic rings. The Balaban J connectivity index is 0.00000128. The Bertz CT molecular complexity index is 327. The smallest absolute Gasteiger partial charge is 0.180 e. The molecule has 0 aromatic carbocycles. The van der Waals surface area contributed by atoms with E-state index in [1.54, 1.807) is 11.3 Å². The number of nitrogens with two attached hydrogens (primary N) is 1. The van der Waals surface area contributed by atoms with Crippen molar-refractivity contribution in [1.82, 2.24) is 9.88 Å². The van der Waals surface area contributed by atoms with Crippen molar-refractivity contribution in [3.8, 4) is 0 Å². The number of anilines is 1. The van der Waals surface area contributed by atoms with Crippen LogP contribution in [0.15, 0.2) is 6.20 Å². The summed E-state index contributed by atoms with van der Waals surface area (Å²) in [4.78, 5) is 7.88. The van der Waals surface area contributed by atoms with Crippen molar-refractivity contribution in [3.05, 3.63) is 11.1 Å². The topological polar surface area (TPSA) is 42.2 Å². The number of hydrogen-bond acceptors (Lipinski definition) is 4. The first kappa shape index (κ1) is 13.7. The lowest BCUT2D eigenvalue weighted by Gasteiger charge is -2.16. The molecule has 16 heavy (non-hydrogen) atoms. The maximum absolute atomic E-state index is 5.62. The third-order valence-electron chi connectivity index (χ3n) is 3.20. The van der Waals surface area contributed by atoms with Gasteiger partial charge in [-0.25, -0.2) is 4.98 Å². The van der Waals surface area contributed by atoms with Gasteiger partial charge in [-0.3, -0.25) is 4.90 Å². The predicted molar refractivity (Wildman–Crippen MR) is 72.0 cm³/mol. The second-order valence-electron chi connectivity index (χ2n) is 4.69.